The lowest BCUT2D eigenvalue weighted by Gasteiger charge is -2.20. The van der Waals surface area contributed by atoms with Crippen LogP contribution in [0, 0.1) is 0 Å². The zero-order valence-corrected chi connectivity index (χ0v) is 11.4. The summed E-state index contributed by atoms with van der Waals surface area (Å²) in [6.45, 7) is 1.18. The molecule has 0 bridgehead atoms. The number of nitrogens with zero attached hydrogens (tertiary/aromatic N) is 1. The molecule has 1 aromatic rings. The SMILES string of the molecule is OC(COc1ccccc1C(F)(F)F)CN1CC[C@H](O)C1. The Morgan fingerprint density at radius 2 is 2.05 bits per heavy atom. The molecule has 21 heavy (non-hydrogen) atoms. The molecule has 4 nitrogen and oxygen atoms in total. The van der Waals surface area contributed by atoms with Crippen molar-refractivity contribution in [2.24, 2.45) is 0 Å². The molecule has 2 rings (SSSR count). The number of benzene rings is 1. The van der Waals surface area contributed by atoms with E-state index in [1.54, 1.807) is 0 Å². The number of halogens is 3. The smallest absolute Gasteiger partial charge is 0.419 e. The number of rotatable bonds is 5. The van der Waals surface area contributed by atoms with Crippen LogP contribution in [0.15, 0.2) is 24.3 Å². The number of ether oxygens (including phenoxy) is 1. The van der Waals surface area contributed by atoms with Crippen LogP contribution in [0.2, 0.25) is 0 Å². The highest BCUT2D eigenvalue weighted by molar-refractivity contribution is 5.35. The Labute approximate surface area is 120 Å². The van der Waals surface area contributed by atoms with Gasteiger partial charge in [0.15, 0.2) is 0 Å². The Bertz CT molecular complexity index is 467. The van der Waals surface area contributed by atoms with Gasteiger partial charge in [0.2, 0.25) is 0 Å². The van der Waals surface area contributed by atoms with Crippen molar-refractivity contribution in [3.8, 4) is 5.75 Å². The monoisotopic (exact) mass is 305 g/mol. The molecule has 118 valence electrons. The van der Waals surface area contributed by atoms with E-state index in [0.29, 0.717) is 19.5 Å². The molecular formula is C14H18F3NO3. The predicted octanol–water partition coefficient (Wildman–Crippen LogP) is 1.51. The van der Waals surface area contributed by atoms with Crippen LogP contribution in [0.3, 0.4) is 0 Å². The maximum absolute atomic E-state index is 12.8. The highest BCUT2D eigenvalue weighted by atomic mass is 19.4. The van der Waals surface area contributed by atoms with Crippen molar-refractivity contribution >= 4 is 0 Å². The summed E-state index contributed by atoms with van der Waals surface area (Å²) >= 11 is 0. The molecular weight excluding hydrogens is 287 g/mol. The van der Waals surface area contributed by atoms with E-state index in [2.05, 4.69) is 0 Å². The summed E-state index contributed by atoms with van der Waals surface area (Å²) in [4.78, 5) is 1.86. The van der Waals surface area contributed by atoms with Crippen molar-refractivity contribution in [1.29, 1.82) is 0 Å². The third-order valence-corrected chi connectivity index (χ3v) is 3.34. The fourth-order valence-corrected chi connectivity index (χ4v) is 2.34. The highest BCUT2D eigenvalue weighted by Gasteiger charge is 2.34. The average Bonchev–Trinajstić information content (AvgIpc) is 2.81. The number of hydrogen-bond acceptors (Lipinski definition) is 4. The topological polar surface area (TPSA) is 52.9 Å². The second-order valence-corrected chi connectivity index (χ2v) is 5.16. The lowest BCUT2D eigenvalue weighted by atomic mass is 10.2. The van der Waals surface area contributed by atoms with Crippen LogP contribution < -0.4 is 4.74 Å². The Kier molecular flexibility index (Phi) is 5.08. The number of hydrogen-bond donors (Lipinski definition) is 2. The molecule has 2 N–H and O–H groups in total. The number of β-amino-alcohol motifs (C(OH)–C–C–N with tert-alkyl or cyclic N) is 2. The van der Waals surface area contributed by atoms with E-state index < -0.39 is 23.9 Å². The Hall–Kier alpha value is -1.31. The van der Waals surface area contributed by atoms with Gasteiger partial charge in [-0.2, -0.15) is 13.2 Å². The van der Waals surface area contributed by atoms with Gasteiger partial charge in [0.05, 0.1) is 11.7 Å². The number of alkyl halides is 3. The zero-order chi connectivity index (χ0) is 15.5. The van der Waals surface area contributed by atoms with E-state index in [0.717, 1.165) is 6.07 Å². The van der Waals surface area contributed by atoms with Crippen LogP contribution in [-0.4, -0.2) is 53.6 Å². The van der Waals surface area contributed by atoms with E-state index in [1.165, 1.54) is 18.2 Å². The lowest BCUT2D eigenvalue weighted by Crippen LogP contribution is -2.34. The summed E-state index contributed by atoms with van der Waals surface area (Å²) < 4.78 is 43.4. The molecule has 7 heteroatoms. The van der Waals surface area contributed by atoms with E-state index in [1.807, 2.05) is 4.90 Å². The molecule has 1 aliphatic rings. The maximum Gasteiger partial charge on any atom is 0.419 e. The van der Waals surface area contributed by atoms with Gasteiger partial charge in [0.1, 0.15) is 18.5 Å². The standard InChI is InChI=1S/C14H18F3NO3/c15-14(16,17)12-3-1-2-4-13(12)21-9-11(20)8-18-6-5-10(19)7-18/h1-4,10-11,19-20H,5-9H2/t10-,11?/m0/s1. The minimum atomic E-state index is -4.49. The van der Waals surface area contributed by atoms with Crippen LogP contribution in [0.25, 0.3) is 0 Å². The highest BCUT2D eigenvalue weighted by Crippen LogP contribution is 2.35. The van der Waals surface area contributed by atoms with E-state index in [9.17, 15) is 23.4 Å². The molecule has 0 radical (unpaired) electrons. The van der Waals surface area contributed by atoms with Crippen LogP contribution in [0.1, 0.15) is 12.0 Å². The predicted molar refractivity (Wildman–Crippen MR) is 70.0 cm³/mol. The zero-order valence-electron chi connectivity index (χ0n) is 11.4. The first-order chi connectivity index (χ1) is 9.86. The first kappa shape index (κ1) is 16.1. The van der Waals surface area contributed by atoms with Gasteiger partial charge in [-0.15, -0.1) is 0 Å². The summed E-state index contributed by atoms with van der Waals surface area (Å²) in [5.74, 6) is -0.287. The van der Waals surface area contributed by atoms with Crippen molar-refractivity contribution in [2.45, 2.75) is 24.8 Å². The molecule has 1 aliphatic heterocycles. The molecule has 0 amide bonds. The molecule has 1 unspecified atom stereocenters. The summed E-state index contributed by atoms with van der Waals surface area (Å²) in [7, 11) is 0. The minimum absolute atomic E-state index is 0.223. The molecule has 2 atom stereocenters. The van der Waals surface area contributed by atoms with Gasteiger partial charge in [-0.3, -0.25) is 4.90 Å². The summed E-state index contributed by atoms with van der Waals surface area (Å²) in [6, 6.07) is 4.92. The van der Waals surface area contributed by atoms with Crippen LogP contribution in [0.5, 0.6) is 5.75 Å². The van der Waals surface area contributed by atoms with Crippen molar-refractivity contribution < 1.29 is 28.1 Å². The van der Waals surface area contributed by atoms with E-state index in [4.69, 9.17) is 4.74 Å². The molecule has 1 heterocycles. The number of aliphatic hydroxyl groups is 2. The second kappa shape index (κ2) is 6.64. The van der Waals surface area contributed by atoms with Crippen molar-refractivity contribution in [2.75, 3.05) is 26.2 Å². The largest absolute Gasteiger partial charge is 0.490 e. The number of para-hydroxylation sites is 1. The third kappa shape index (κ3) is 4.59. The van der Waals surface area contributed by atoms with Gasteiger partial charge in [-0.1, -0.05) is 12.1 Å². The van der Waals surface area contributed by atoms with Crippen molar-refractivity contribution in [3.05, 3.63) is 29.8 Å². The quantitative estimate of drug-likeness (QED) is 0.866. The van der Waals surface area contributed by atoms with E-state index in [-0.39, 0.29) is 18.9 Å². The molecule has 0 aliphatic carbocycles. The Morgan fingerprint density at radius 3 is 2.67 bits per heavy atom. The molecule has 0 saturated carbocycles. The van der Waals surface area contributed by atoms with Gasteiger partial charge < -0.3 is 14.9 Å². The van der Waals surface area contributed by atoms with Gasteiger partial charge in [0, 0.05) is 19.6 Å². The third-order valence-electron chi connectivity index (χ3n) is 3.34. The van der Waals surface area contributed by atoms with Gasteiger partial charge in [-0.05, 0) is 18.6 Å². The van der Waals surface area contributed by atoms with Crippen LogP contribution in [0.4, 0.5) is 13.2 Å². The number of likely N-dealkylation sites (tertiary alicyclic amines) is 1. The molecule has 1 saturated heterocycles. The fraction of sp³-hybridized carbons (Fsp3) is 0.571. The van der Waals surface area contributed by atoms with Crippen molar-refractivity contribution in [1.82, 2.24) is 4.90 Å². The fourth-order valence-electron chi connectivity index (χ4n) is 2.34. The summed E-state index contributed by atoms with van der Waals surface area (Å²) in [5.41, 5.74) is -0.853. The first-order valence-corrected chi connectivity index (χ1v) is 6.74. The lowest BCUT2D eigenvalue weighted by molar-refractivity contribution is -0.139. The minimum Gasteiger partial charge on any atom is -0.490 e. The average molecular weight is 305 g/mol. The Morgan fingerprint density at radius 1 is 1.33 bits per heavy atom. The number of aliphatic hydroxyl groups excluding tert-OH is 2. The second-order valence-electron chi connectivity index (χ2n) is 5.16. The summed E-state index contributed by atoms with van der Waals surface area (Å²) in [5, 5.41) is 19.2. The molecule has 0 spiro atoms. The van der Waals surface area contributed by atoms with Crippen LogP contribution in [-0.2, 0) is 6.18 Å². The van der Waals surface area contributed by atoms with Gasteiger partial charge in [0.25, 0.3) is 0 Å². The molecule has 0 aromatic heterocycles. The molecule has 1 fully saturated rings. The molecule has 1 aromatic carbocycles. The van der Waals surface area contributed by atoms with Gasteiger partial charge in [-0.25, -0.2) is 0 Å². The maximum atomic E-state index is 12.8. The van der Waals surface area contributed by atoms with E-state index >= 15 is 0 Å². The van der Waals surface area contributed by atoms with Gasteiger partial charge >= 0.3 is 6.18 Å². The van der Waals surface area contributed by atoms with Crippen molar-refractivity contribution in [3.63, 3.8) is 0 Å². The Balaban J connectivity index is 1.88. The first-order valence-electron chi connectivity index (χ1n) is 6.74. The normalized spacial score (nSPS) is 21.5. The van der Waals surface area contributed by atoms with Crippen LogP contribution >= 0.6 is 0 Å². The summed E-state index contributed by atoms with van der Waals surface area (Å²) in [6.07, 6.45) is -5.15.